The van der Waals surface area contributed by atoms with Crippen molar-refractivity contribution in [2.75, 3.05) is 52.5 Å². The molecule has 0 saturated carbocycles. The first-order valence-electron chi connectivity index (χ1n) is 10.1. The molecule has 1 amide bonds. The smallest absolute Gasteiger partial charge is 0.217 e. The molecule has 2 aliphatic heterocycles. The molecule has 0 aromatic heterocycles. The van der Waals surface area contributed by atoms with Crippen LogP contribution in [-0.2, 0) is 9.53 Å². The van der Waals surface area contributed by atoms with Crippen LogP contribution in [0.25, 0.3) is 0 Å². The number of nitrogens with zero attached hydrogens (tertiary/aromatic N) is 3. The van der Waals surface area contributed by atoms with E-state index in [9.17, 15) is 4.79 Å². The monoisotopic (exact) mass is 495 g/mol. The number of hydrogen-bond donors (Lipinski definition) is 2. The van der Waals surface area contributed by atoms with Crippen LogP contribution in [0, 0.1) is 11.8 Å². The summed E-state index contributed by atoms with van der Waals surface area (Å²) in [6.07, 6.45) is 2.62. The summed E-state index contributed by atoms with van der Waals surface area (Å²) in [7, 11) is 0. The van der Waals surface area contributed by atoms with Gasteiger partial charge in [-0.1, -0.05) is 13.8 Å². The normalized spacial score (nSPS) is 23.0. The summed E-state index contributed by atoms with van der Waals surface area (Å²) >= 11 is 0. The number of morpholine rings is 1. The highest BCUT2D eigenvalue weighted by molar-refractivity contribution is 14.0. The van der Waals surface area contributed by atoms with E-state index in [0.717, 1.165) is 71.3 Å². The molecule has 8 heteroatoms. The van der Waals surface area contributed by atoms with Crippen molar-refractivity contribution >= 4 is 35.8 Å². The van der Waals surface area contributed by atoms with E-state index >= 15 is 0 Å². The van der Waals surface area contributed by atoms with Gasteiger partial charge >= 0.3 is 0 Å². The third-order valence-corrected chi connectivity index (χ3v) is 5.36. The molecule has 2 saturated heterocycles. The minimum Gasteiger partial charge on any atom is -0.379 e. The summed E-state index contributed by atoms with van der Waals surface area (Å²) < 4.78 is 5.50. The molecular formula is C19H38IN5O2. The van der Waals surface area contributed by atoms with Gasteiger partial charge in [0.2, 0.25) is 5.91 Å². The van der Waals surface area contributed by atoms with Crippen LogP contribution in [0.15, 0.2) is 4.99 Å². The first-order valence-corrected chi connectivity index (χ1v) is 10.1. The quantitative estimate of drug-likeness (QED) is 0.318. The summed E-state index contributed by atoms with van der Waals surface area (Å²) in [5, 5.41) is 3.44. The second-order valence-electron chi connectivity index (χ2n) is 7.78. The molecule has 0 radical (unpaired) electrons. The average molecular weight is 495 g/mol. The number of amides is 1. The summed E-state index contributed by atoms with van der Waals surface area (Å²) in [5.74, 6) is 1.65. The standard InChI is InChI=1S/C19H37N5O2.HI/c1-4-21-19(24-7-5-6-16(14-24)12-18(20)25)22-13-17(15(2)3)23-8-10-26-11-9-23;/h15-17H,4-14H2,1-3H3,(H2,20,25)(H,21,22);1H. The minimum absolute atomic E-state index is 0. The molecule has 0 bridgehead atoms. The molecular weight excluding hydrogens is 457 g/mol. The predicted molar refractivity (Wildman–Crippen MR) is 121 cm³/mol. The topological polar surface area (TPSA) is 83.2 Å². The number of ether oxygens (including phenoxy) is 1. The summed E-state index contributed by atoms with van der Waals surface area (Å²) in [4.78, 5) is 21.1. The third kappa shape index (κ3) is 8.11. The first-order chi connectivity index (χ1) is 12.5. The zero-order chi connectivity index (χ0) is 18.9. The fraction of sp³-hybridized carbons (Fsp3) is 0.895. The number of aliphatic imine (C=N–C) groups is 1. The van der Waals surface area contributed by atoms with Crippen molar-refractivity contribution < 1.29 is 9.53 Å². The van der Waals surface area contributed by atoms with Crippen molar-refractivity contribution in [2.45, 2.75) is 46.1 Å². The average Bonchev–Trinajstić information content (AvgIpc) is 2.61. The number of halogens is 1. The molecule has 2 heterocycles. The maximum Gasteiger partial charge on any atom is 0.217 e. The molecule has 27 heavy (non-hydrogen) atoms. The number of nitrogens with one attached hydrogen (secondary N) is 1. The van der Waals surface area contributed by atoms with Gasteiger partial charge in [0.15, 0.2) is 5.96 Å². The lowest BCUT2D eigenvalue weighted by atomic mass is 9.95. The van der Waals surface area contributed by atoms with Crippen molar-refractivity contribution in [1.29, 1.82) is 0 Å². The van der Waals surface area contributed by atoms with Crippen molar-refractivity contribution in [1.82, 2.24) is 15.1 Å². The Labute approximate surface area is 181 Å². The SMILES string of the molecule is CCNC(=NCC(C(C)C)N1CCOCC1)N1CCCC(CC(N)=O)C1.I. The van der Waals surface area contributed by atoms with E-state index in [2.05, 4.69) is 35.9 Å². The van der Waals surface area contributed by atoms with Crippen LogP contribution >= 0.6 is 24.0 Å². The van der Waals surface area contributed by atoms with E-state index in [4.69, 9.17) is 15.5 Å². The molecule has 0 aliphatic carbocycles. The molecule has 3 N–H and O–H groups in total. The van der Waals surface area contributed by atoms with Crippen molar-refractivity contribution in [3.8, 4) is 0 Å². The van der Waals surface area contributed by atoms with Crippen LogP contribution in [0.2, 0.25) is 0 Å². The second kappa shape index (κ2) is 12.8. The van der Waals surface area contributed by atoms with Crippen LogP contribution < -0.4 is 11.1 Å². The van der Waals surface area contributed by atoms with Crippen LogP contribution in [-0.4, -0.2) is 80.2 Å². The van der Waals surface area contributed by atoms with Gasteiger partial charge in [0, 0.05) is 45.2 Å². The Morgan fingerprint density at radius 3 is 2.59 bits per heavy atom. The summed E-state index contributed by atoms with van der Waals surface area (Å²) in [6.45, 7) is 13.7. The highest BCUT2D eigenvalue weighted by atomic mass is 127. The van der Waals surface area contributed by atoms with Gasteiger partial charge in [0.25, 0.3) is 0 Å². The van der Waals surface area contributed by atoms with Gasteiger partial charge in [0.05, 0.1) is 19.8 Å². The molecule has 0 aromatic rings. The molecule has 158 valence electrons. The van der Waals surface area contributed by atoms with Gasteiger partial charge < -0.3 is 20.7 Å². The maximum atomic E-state index is 11.3. The predicted octanol–water partition coefficient (Wildman–Crippen LogP) is 1.51. The molecule has 0 aromatic carbocycles. The molecule has 2 fully saturated rings. The number of likely N-dealkylation sites (tertiary alicyclic amines) is 1. The lowest BCUT2D eigenvalue weighted by Gasteiger charge is -2.37. The second-order valence-corrected chi connectivity index (χ2v) is 7.78. The number of carbonyl (C=O) groups excluding carboxylic acids is 1. The first kappa shape index (κ1) is 24.4. The Hall–Kier alpha value is -0.610. The number of primary amides is 1. The van der Waals surface area contributed by atoms with E-state index in [1.807, 2.05) is 0 Å². The number of carbonyl (C=O) groups is 1. The Bertz CT molecular complexity index is 469. The van der Waals surface area contributed by atoms with Crippen molar-refractivity contribution in [3.63, 3.8) is 0 Å². The maximum absolute atomic E-state index is 11.3. The number of guanidine groups is 1. The van der Waals surface area contributed by atoms with Crippen LogP contribution in [0.5, 0.6) is 0 Å². The fourth-order valence-corrected chi connectivity index (χ4v) is 3.97. The zero-order valence-corrected chi connectivity index (χ0v) is 19.5. The number of piperidine rings is 1. The number of hydrogen-bond acceptors (Lipinski definition) is 4. The lowest BCUT2D eigenvalue weighted by molar-refractivity contribution is -0.119. The Kier molecular flexibility index (Phi) is 11.6. The van der Waals surface area contributed by atoms with E-state index in [0.29, 0.717) is 24.3 Å². The van der Waals surface area contributed by atoms with Gasteiger partial charge in [-0.15, -0.1) is 24.0 Å². The molecule has 2 aliphatic rings. The Morgan fingerprint density at radius 1 is 1.30 bits per heavy atom. The highest BCUT2D eigenvalue weighted by Gasteiger charge is 2.26. The van der Waals surface area contributed by atoms with E-state index in [1.54, 1.807) is 0 Å². The van der Waals surface area contributed by atoms with E-state index < -0.39 is 0 Å². The van der Waals surface area contributed by atoms with Crippen LogP contribution in [0.1, 0.15) is 40.0 Å². The highest BCUT2D eigenvalue weighted by Crippen LogP contribution is 2.20. The molecule has 2 atom stereocenters. The van der Waals surface area contributed by atoms with Crippen LogP contribution in [0.4, 0.5) is 0 Å². The van der Waals surface area contributed by atoms with E-state index in [-0.39, 0.29) is 29.9 Å². The zero-order valence-electron chi connectivity index (χ0n) is 17.2. The summed E-state index contributed by atoms with van der Waals surface area (Å²) in [5.41, 5.74) is 5.40. The van der Waals surface area contributed by atoms with Gasteiger partial charge in [-0.25, -0.2) is 0 Å². The molecule has 2 rings (SSSR count). The minimum atomic E-state index is -0.203. The van der Waals surface area contributed by atoms with Gasteiger partial charge in [-0.3, -0.25) is 14.7 Å². The lowest BCUT2D eigenvalue weighted by Crippen LogP contribution is -2.50. The van der Waals surface area contributed by atoms with Gasteiger partial charge in [0.1, 0.15) is 0 Å². The molecule has 7 nitrogen and oxygen atoms in total. The number of nitrogens with two attached hydrogens (primary N) is 1. The largest absolute Gasteiger partial charge is 0.379 e. The van der Waals surface area contributed by atoms with Crippen molar-refractivity contribution in [2.24, 2.45) is 22.6 Å². The van der Waals surface area contributed by atoms with Crippen LogP contribution in [0.3, 0.4) is 0 Å². The third-order valence-electron chi connectivity index (χ3n) is 5.36. The van der Waals surface area contributed by atoms with Gasteiger partial charge in [-0.05, 0) is 31.6 Å². The Morgan fingerprint density at radius 2 is 2.00 bits per heavy atom. The molecule has 0 spiro atoms. The van der Waals surface area contributed by atoms with Gasteiger partial charge in [-0.2, -0.15) is 0 Å². The summed E-state index contributed by atoms with van der Waals surface area (Å²) in [6, 6.07) is 0.429. The fourth-order valence-electron chi connectivity index (χ4n) is 3.97. The number of rotatable bonds is 7. The molecule has 2 unspecified atom stereocenters. The van der Waals surface area contributed by atoms with Crippen molar-refractivity contribution in [3.05, 3.63) is 0 Å². The Balaban J connectivity index is 0.00000364. The van der Waals surface area contributed by atoms with E-state index in [1.165, 1.54) is 0 Å².